The molecule has 16 heavy (non-hydrogen) atoms. The largest absolute Gasteiger partial charge is 0.479 e. The van der Waals surface area contributed by atoms with E-state index in [0.29, 0.717) is 12.8 Å². The molecule has 5 heteroatoms. The van der Waals surface area contributed by atoms with Crippen LogP contribution in [0.5, 0.6) is 0 Å². The Balaban J connectivity index is 2.26. The number of rotatable bonds is 4. The van der Waals surface area contributed by atoms with E-state index >= 15 is 0 Å². The highest BCUT2D eigenvalue weighted by Gasteiger charge is 2.54. The SMILES string of the molecule is CC(C)n1cc(C2(C(O)C(=O)O)CC2)cn1. The summed E-state index contributed by atoms with van der Waals surface area (Å²) in [7, 11) is 0. The first-order valence-corrected chi connectivity index (χ1v) is 5.43. The van der Waals surface area contributed by atoms with Gasteiger partial charge in [-0.2, -0.15) is 5.10 Å². The fraction of sp³-hybridized carbons (Fsp3) is 0.636. The van der Waals surface area contributed by atoms with E-state index in [-0.39, 0.29) is 6.04 Å². The third-order valence-corrected chi connectivity index (χ3v) is 3.25. The summed E-state index contributed by atoms with van der Waals surface area (Å²) < 4.78 is 1.78. The van der Waals surface area contributed by atoms with E-state index in [1.807, 2.05) is 20.0 Å². The second-order valence-electron chi connectivity index (χ2n) is 4.70. The molecule has 1 aromatic heterocycles. The number of carboxylic acid groups (broad SMARTS) is 1. The lowest BCUT2D eigenvalue weighted by atomic mass is 9.92. The maximum absolute atomic E-state index is 10.8. The molecule has 1 aliphatic rings. The van der Waals surface area contributed by atoms with Gasteiger partial charge < -0.3 is 10.2 Å². The molecule has 0 amide bonds. The highest BCUT2D eigenvalue weighted by molar-refractivity contribution is 5.75. The number of carbonyl (C=O) groups is 1. The van der Waals surface area contributed by atoms with Crippen LogP contribution in [-0.4, -0.2) is 32.1 Å². The van der Waals surface area contributed by atoms with Crippen LogP contribution >= 0.6 is 0 Å². The van der Waals surface area contributed by atoms with Gasteiger partial charge in [-0.1, -0.05) is 0 Å². The minimum Gasteiger partial charge on any atom is -0.479 e. The van der Waals surface area contributed by atoms with Gasteiger partial charge in [0.05, 0.1) is 6.20 Å². The zero-order valence-corrected chi connectivity index (χ0v) is 9.42. The van der Waals surface area contributed by atoms with Crippen molar-refractivity contribution >= 4 is 5.97 Å². The fourth-order valence-corrected chi connectivity index (χ4v) is 1.97. The minimum absolute atomic E-state index is 0.242. The summed E-state index contributed by atoms with van der Waals surface area (Å²) >= 11 is 0. The van der Waals surface area contributed by atoms with Gasteiger partial charge in [-0.15, -0.1) is 0 Å². The molecule has 1 heterocycles. The predicted molar refractivity (Wildman–Crippen MR) is 57.2 cm³/mol. The lowest BCUT2D eigenvalue weighted by Crippen LogP contribution is -2.33. The first kappa shape index (κ1) is 11.1. The van der Waals surface area contributed by atoms with Crippen molar-refractivity contribution in [3.63, 3.8) is 0 Å². The van der Waals surface area contributed by atoms with Crippen molar-refractivity contribution in [2.75, 3.05) is 0 Å². The van der Waals surface area contributed by atoms with Crippen LogP contribution in [0.3, 0.4) is 0 Å². The third-order valence-electron chi connectivity index (χ3n) is 3.25. The zero-order valence-electron chi connectivity index (χ0n) is 9.42. The number of hydrogen-bond donors (Lipinski definition) is 2. The second-order valence-corrected chi connectivity index (χ2v) is 4.70. The summed E-state index contributed by atoms with van der Waals surface area (Å²) in [5.41, 5.74) is 0.231. The summed E-state index contributed by atoms with van der Waals surface area (Å²) in [6.07, 6.45) is 3.61. The molecule has 1 saturated carbocycles. The molecule has 5 nitrogen and oxygen atoms in total. The van der Waals surface area contributed by atoms with E-state index in [9.17, 15) is 9.90 Å². The van der Waals surface area contributed by atoms with Gasteiger partial charge in [0.1, 0.15) is 0 Å². The molecule has 1 atom stereocenters. The Kier molecular flexibility index (Phi) is 2.50. The Hall–Kier alpha value is -1.36. The molecule has 2 rings (SSSR count). The maximum Gasteiger partial charge on any atom is 0.333 e. The van der Waals surface area contributed by atoms with Gasteiger partial charge in [-0.25, -0.2) is 4.79 Å². The number of aliphatic hydroxyl groups excluding tert-OH is 1. The zero-order chi connectivity index (χ0) is 11.9. The molecule has 0 aliphatic heterocycles. The van der Waals surface area contributed by atoms with Crippen molar-refractivity contribution in [2.24, 2.45) is 0 Å². The molecular weight excluding hydrogens is 208 g/mol. The van der Waals surface area contributed by atoms with Crippen LogP contribution in [0.1, 0.15) is 38.3 Å². The predicted octanol–water partition coefficient (Wildman–Crippen LogP) is 0.941. The molecule has 0 saturated heterocycles. The first-order valence-electron chi connectivity index (χ1n) is 5.43. The number of aromatic nitrogens is 2. The van der Waals surface area contributed by atoms with Crippen molar-refractivity contribution < 1.29 is 15.0 Å². The Morgan fingerprint density at radius 3 is 2.56 bits per heavy atom. The smallest absolute Gasteiger partial charge is 0.333 e. The fourth-order valence-electron chi connectivity index (χ4n) is 1.97. The van der Waals surface area contributed by atoms with Gasteiger partial charge in [-0.05, 0) is 32.3 Å². The quantitative estimate of drug-likeness (QED) is 0.798. The third kappa shape index (κ3) is 1.61. The Morgan fingerprint density at radius 1 is 1.56 bits per heavy atom. The van der Waals surface area contributed by atoms with E-state index in [4.69, 9.17) is 5.11 Å². The molecule has 0 radical (unpaired) electrons. The number of carboxylic acids is 1. The van der Waals surface area contributed by atoms with E-state index < -0.39 is 17.5 Å². The highest BCUT2D eigenvalue weighted by atomic mass is 16.4. The van der Waals surface area contributed by atoms with Gasteiger partial charge in [-0.3, -0.25) is 4.68 Å². The summed E-state index contributed by atoms with van der Waals surface area (Å²) in [4.78, 5) is 10.8. The van der Waals surface area contributed by atoms with E-state index in [0.717, 1.165) is 5.56 Å². The average molecular weight is 224 g/mol. The molecule has 88 valence electrons. The van der Waals surface area contributed by atoms with Gasteiger partial charge in [0.15, 0.2) is 6.10 Å². The van der Waals surface area contributed by atoms with E-state index in [1.54, 1.807) is 10.9 Å². The standard InChI is InChI=1S/C11H16N2O3/c1-7(2)13-6-8(5-12-13)11(3-4-11)9(14)10(15)16/h5-7,9,14H,3-4H2,1-2H3,(H,15,16). The van der Waals surface area contributed by atoms with Crippen LogP contribution in [0.25, 0.3) is 0 Å². The van der Waals surface area contributed by atoms with Crippen LogP contribution in [0.15, 0.2) is 12.4 Å². The summed E-state index contributed by atoms with van der Waals surface area (Å²) in [6, 6.07) is 0.242. The van der Waals surface area contributed by atoms with Gasteiger partial charge >= 0.3 is 5.97 Å². The summed E-state index contributed by atoms with van der Waals surface area (Å²) in [5.74, 6) is -1.16. The van der Waals surface area contributed by atoms with Crippen molar-refractivity contribution in [1.29, 1.82) is 0 Å². The number of nitrogens with zero attached hydrogens (tertiary/aromatic N) is 2. The van der Waals surface area contributed by atoms with Crippen LogP contribution in [-0.2, 0) is 10.2 Å². The maximum atomic E-state index is 10.8. The molecule has 1 aliphatic carbocycles. The lowest BCUT2D eigenvalue weighted by Gasteiger charge is -2.16. The Labute approximate surface area is 93.7 Å². The number of aliphatic hydroxyl groups is 1. The highest BCUT2D eigenvalue weighted by Crippen LogP contribution is 2.51. The van der Waals surface area contributed by atoms with Gasteiger partial charge in [0.25, 0.3) is 0 Å². The Morgan fingerprint density at radius 2 is 2.19 bits per heavy atom. The molecule has 0 aromatic carbocycles. The van der Waals surface area contributed by atoms with Crippen molar-refractivity contribution in [3.05, 3.63) is 18.0 Å². The summed E-state index contributed by atoms with van der Waals surface area (Å²) in [5, 5.41) is 22.7. The normalized spacial score (nSPS) is 19.8. The molecule has 1 unspecified atom stereocenters. The van der Waals surface area contributed by atoms with Crippen LogP contribution in [0.2, 0.25) is 0 Å². The lowest BCUT2D eigenvalue weighted by molar-refractivity contribution is -0.148. The van der Waals surface area contributed by atoms with Crippen molar-refractivity contribution in [3.8, 4) is 0 Å². The molecule has 2 N–H and O–H groups in total. The topological polar surface area (TPSA) is 75.4 Å². The van der Waals surface area contributed by atoms with Crippen molar-refractivity contribution in [1.82, 2.24) is 9.78 Å². The second kappa shape index (κ2) is 3.59. The van der Waals surface area contributed by atoms with Crippen LogP contribution < -0.4 is 0 Å². The van der Waals surface area contributed by atoms with E-state index in [2.05, 4.69) is 5.10 Å². The van der Waals surface area contributed by atoms with Gasteiger partial charge in [0.2, 0.25) is 0 Å². The summed E-state index contributed by atoms with van der Waals surface area (Å²) in [6.45, 7) is 4.01. The van der Waals surface area contributed by atoms with Crippen LogP contribution in [0, 0.1) is 0 Å². The average Bonchev–Trinajstić information content (AvgIpc) is 2.87. The number of hydrogen-bond acceptors (Lipinski definition) is 3. The molecule has 1 fully saturated rings. The molecule has 0 bridgehead atoms. The monoisotopic (exact) mass is 224 g/mol. The van der Waals surface area contributed by atoms with Crippen molar-refractivity contribution in [2.45, 2.75) is 44.2 Å². The molecule has 0 spiro atoms. The molecule has 1 aromatic rings. The number of aliphatic carboxylic acids is 1. The van der Waals surface area contributed by atoms with Crippen LogP contribution in [0.4, 0.5) is 0 Å². The minimum atomic E-state index is -1.32. The Bertz CT molecular complexity index is 407. The van der Waals surface area contributed by atoms with E-state index in [1.165, 1.54) is 0 Å². The van der Waals surface area contributed by atoms with Gasteiger partial charge in [0, 0.05) is 17.7 Å². The first-order chi connectivity index (χ1) is 7.47. The molecular formula is C11H16N2O3.